The number of hydrogen-bond acceptors (Lipinski definition) is 5. The molecule has 3 rings (SSSR count). The van der Waals surface area contributed by atoms with Crippen LogP contribution in [0.15, 0.2) is 16.9 Å². The highest BCUT2D eigenvalue weighted by Gasteiger charge is 2.45. The number of rotatable bonds is 4. The van der Waals surface area contributed by atoms with Crippen LogP contribution in [0, 0.1) is 13.8 Å². The van der Waals surface area contributed by atoms with Gasteiger partial charge in [-0.2, -0.15) is 0 Å². The normalized spacial score (nSPS) is 16.8. The largest absolute Gasteiger partial charge is 0.479 e. The van der Waals surface area contributed by atoms with E-state index < -0.39 is 11.5 Å². The lowest BCUT2D eigenvalue weighted by molar-refractivity contribution is -0.150. The molecule has 0 atom stereocenters. The zero-order valence-electron chi connectivity index (χ0n) is 14.7. The van der Waals surface area contributed by atoms with Gasteiger partial charge in [-0.25, -0.2) is 9.78 Å². The summed E-state index contributed by atoms with van der Waals surface area (Å²) in [6.45, 7) is 6.14. The van der Waals surface area contributed by atoms with E-state index in [1.807, 2.05) is 6.92 Å². The Balaban J connectivity index is 1.83. The number of carbonyl (C=O) groups is 2. The lowest BCUT2D eigenvalue weighted by atomic mass is 9.86. The summed E-state index contributed by atoms with van der Waals surface area (Å²) in [4.78, 5) is 30.7. The SMILES string of the molecule is CCc1noc(C)c1C(=O)N1CCC(C(=O)O)(n2ccnc2C)CC1. The molecule has 2 aromatic heterocycles. The molecule has 0 bridgehead atoms. The van der Waals surface area contributed by atoms with Gasteiger partial charge in [0.05, 0.1) is 5.69 Å². The van der Waals surface area contributed by atoms with Crippen LogP contribution < -0.4 is 0 Å². The van der Waals surface area contributed by atoms with Crippen molar-refractivity contribution < 1.29 is 19.2 Å². The number of carboxylic acid groups (broad SMARTS) is 1. The van der Waals surface area contributed by atoms with Crippen molar-refractivity contribution in [1.82, 2.24) is 19.6 Å². The van der Waals surface area contributed by atoms with Crippen molar-refractivity contribution in [2.45, 2.75) is 45.6 Å². The molecular formula is C17H22N4O4. The second-order valence-electron chi connectivity index (χ2n) is 6.39. The average molecular weight is 346 g/mol. The van der Waals surface area contributed by atoms with Gasteiger partial charge in [0.2, 0.25) is 0 Å². The maximum Gasteiger partial charge on any atom is 0.330 e. The standard InChI is InChI=1S/C17H22N4O4/c1-4-13-14(11(2)25-19-13)15(22)20-8-5-17(6-9-20,16(23)24)21-10-7-18-12(21)3/h7,10H,4-6,8-9H2,1-3H3,(H,23,24). The molecule has 0 spiro atoms. The van der Waals surface area contributed by atoms with E-state index in [0.717, 1.165) is 0 Å². The van der Waals surface area contributed by atoms with Crippen LogP contribution in [0.5, 0.6) is 0 Å². The molecule has 1 fully saturated rings. The van der Waals surface area contributed by atoms with E-state index in [1.54, 1.807) is 35.7 Å². The monoisotopic (exact) mass is 346 g/mol. The number of carboxylic acids is 1. The van der Waals surface area contributed by atoms with Crippen LogP contribution in [0.2, 0.25) is 0 Å². The van der Waals surface area contributed by atoms with Gasteiger partial charge in [-0.05, 0) is 33.1 Å². The van der Waals surface area contributed by atoms with Gasteiger partial charge >= 0.3 is 5.97 Å². The lowest BCUT2D eigenvalue weighted by Gasteiger charge is -2.40. The van der Waals surface area contributed by atoms with Crippen molar-refractivity contribution in [3.05, 3.63) is 35.2 Å². The number of amides is 1. The third-order valence-electron chi connectivity index (χ3n) is 5.04. The Morgan fingerprint density at radius 2 is 2.00 bits per heavy atom. The van der Waals surface area contributed by atoms with Gasteiger partial charge in [0.15, 0.2) is 0 Å². The Hall–Kier alpha value is -2.64. The zero-order chi connectivity index (χ0) is 18.2. The van der Waals surface area contributed by atoms with Crippen molar-refractivity contribution >= 4 is 11.9 Å². The highest BCUT2D eigenvalue weighted by Crippen LogP contribution is 2.32. The van der Waals surface area contributed by atoms with Gasteiger partial charge in [-0.1, -0.05) is 12.1 Å². The third kappa shape index (κ3) is 2.71. The van der Waals surface area contributed by atoms with Crippen molar-refractivity contribution in [3.8, 4) is 0 Å². The van der Waals surface area contributed by atoms with Crippen LogP contribution >= 0.6 is 0 Å². The molecule has 1 aliphatic rings. The Bertz CT molecular complexity index is 799. The maximum absolute atomic E-state index is 12.9. The predicted octanol–water partition coefficient (Wildman–Crippen LogP) is 1.77. The number of carbonyl (C=O) groups excluding carboxylic acids is 1. The summed E-state index contributed by atoms with van der Waals surface area (Å²) in [5.74, 6) is 0.126. The summed E-state index contributed by atoms with van der Waals surface area (Å²) < 4.78 is 6.86. The molecule has 1 amide bonds. The van der Waals surface area contributed by atoms with Crippen LogP contribution in [-0.4, -0.2) is 49.7 Å². The molecule has 0 aromatic carbocycles. The minimum absolute atomic E-state index is 0.142. The molecule has 0 unspecified atom stereocenters. The summed E-state index contributed by atoms with van der Waals surface area (Å²) in [5, 5.41) is 13.8. The maximum atomic E-state index is 12.9. The van der Waals surface area contributed by atoms with Crippen LogP contribution in [0.1, 0.15) is 47.4 Å². The lowest BCUT2D eigenvalue weighted by Crippen LogP contribution is -2.52. The van der Waals surface area contributed by atoms with Gasteiger partial charge < -0.3 is 19.1 Å². The van der Waals surface area contributed by atoms with Crippen molar-refractivity contribution in [2.75, 3.05) is 13.1 Å². The molecule has 1 saturated heterocycles. The average Bonchev–Trinajstić information content (AvgIpc) is 3.19. The summed E-state index contributed by atoms with van der Waals surface area (Å²) >= 11 is 0. The molecule has 2 aromatic rings. The first-order chi connectivity index (χ1) is 11.9. The van der Waals surface area contributed by atoms with Gasteiger partial charge in [-0.15, -0.1) is 0 Å². The highest BCUT2D eigenvalue weighted by atomic mass is 16.5. The zero-order valence-corrected chi connectivity index (χ0v) is 14.7. The smallest absolute Gasteiger partial charge is 0.330 e. The fourth-order valence-corrected chi connectivity index (χ4v) is 3.56. The van der Waals surface area contributed by atoms with E-state index in [0.29, 0.717) is 55.2 Å². The highest BCUT2D eigenvalue weighted by molar-refractivity contribution is 5.96. The fourth-order valence-electron chi connectivity index (χ4n) is 3.56. The number of aryl methyl sites for hydroxylation is 3. The minimum atomic E-state index is -1.06. The summed E-state index contributed by atoms with van der Waals surface area (Å²) in [6, 6.07) is 0. The summed E-state index contributed by atoms with van der Waals surface area (Å²) in [6.07, 6.45) is 4.57. The molecule has 3 heterocycles. The molecule has 1 aliphatic heterocycles. The Labute approximate surface area is 145 Å². The number of nitrogens with zero attached hydrogens (tertiary/aromatic N) is 4. The molecular weight excluding hydrogens is 324 g/mol. The van der Waals surface area contributed by atoms with Crippen LogP contribution in [0.4, 0.5) is 0 Å². The van der Waals surface area contributed by atoms with Crippen molar-refractivity contribution in [2.24, 2.45) is 0 Å². The van der Waals surface area contributed by atoms with E-state index in [2.05, 4.69) is 10.1 Å². The number of aliphatic carboxylic acids is 1. The van der Waals surface area contributed by atoms with E-state index in [4.69, 9.17) is 4.52 Å². The molecule has 134 valence electrons. The topological polar surface area (TPSA) is 101 Å². The summed E-state index contributed by atoms with van der Waals surface area (Å²) in [7, 11) is 0. The van der Waals surface area contributed by atoms with Gasteiger partial charge in [-0.3, -0.25) is 4.79 Å². The first-order valence-corrected chi connectivity index (χ1v) is 8.39. The second kappa shape index (κ2) is 6.34. The van der Waals surface area contributed by atoms with Crippen molar-refractivity contribution in [1.29, 1.82) is 0 Å². The first kappa shape index (κ1) is 17.2. The van der Waals surface area contributed by atoms with Crippen LogP contribution in [0.25, 0.3) is 0 Å². The number of aromatic nitrogens is 3. The van der Waals surface area contributed by atoms with Crippen molar-refractivity contribution in [3.63, 3.8) is 0 Å². The number of imidazole rings is 1. The quantitative estimate of drug-likeness (QED) is 0.905. The Morgan fingerprint density at radius 3 is 2.52 bits per heavy atom. The Morgan fingerprint density at radius 1 is 1.32 bits per heavy atom. The molecule has 0 aliphatic carbocycles. The minimum Gasteiger partial charge on any atom is -0.479 e. The van der Waals surface area contributed by atoms with E-state index in [-0.39, 0.29) is 5.91 Å². The Kier molecular flexibility index (Phi) is 4.36. The fraction of sp³-hybridized carbons (Fsp3) is 0.529. The third-order valence-corrected chi connectivity index (χ3v) is 5.04. The number of likely N-dealkylation sites (tertiary alicyclic amines) is 1. The molecule has 8 nitrogen and oxygen atoms in total. The molecule has 1 N–H and O–H groups in total. The van der Waals surface area contributed by atoms with Gasteiger partial charge in [0, 0.05) is 25.5 Å². The van der Waals surface area contributed by atoms with Gasteiger partial charge in [0.25, 0.3) is 5.91 Å². The molecule has 0 saturated carbocycles. The van der Waals surface area contributed by atoms with E-state index in [1.165, 1.54) is 0 Å². The van der Waals surface area contributed by atoms with Crippen LogP contribution in [-0.2, 0) is 16.8 Å². The molecule has 25 heavy (non-hydrogen) atoms. The van der Waals surface area contributed by atoms with Gasteiger partial charge in [0.1, 0.15) is 22.7 Å². The molecule has 0 radical (unpaired) electrons. The first-order valence-electron chi connectivity index (χ1n) is 8.39. The van der Waals surface area contributed by atoms with E-state index >= 15 is 0 Å². The number of piperidine rings is 1. The number of hydrogen-bond donors (Lipinski definition) is 1. The predicted molar refractivity (Wildman–Crippen MR) is 88.3 cm³/mol. The van der Waals surface area contributed by atoms with E-state index in [9.17, 15) is 14.7 Å². The summed E-state index contributed by atoms with van der Waals surface area (Å²) in [5.41, 5.74) is 0.0846. The van der Waals surface area contributed by atoms with Crippen LogP contribution in [0.3, 0.4) is 0 Å². The second-order valence-corrected chi connectivity index (χ2v) is 6.39. The molecule has 8 heteroatoms.